The van der Waals surface area contributed by atoms with Gasteiger partial charge in [0.2, 0.25) is 0 Å². The van der Waals surface area contributed by atoms with Crippen LogP contribution in [-0.2, 0) is 9.53 Å². The summed E-state index contributed by atoms with van der Waals surface area (Å²) in [5.74, 6) is 3.92. The Labute approximate surface area is 305 Å². The van der Waals surface area contributed by atoms with Crippen LogP contribution in [0.1, 0.15) is 221 Å². The van der Waals surface area contributed by atoms with Gasteiger partial charge in [0.1, 0.15) is 6.10 Å². The van der Waals surface area contributed by atoms with Crippen LogP contribution in [0.25, 0.3) is 0 Å². The van der Waals surface area contributed by atoms with Gasteiger partial charge in [-0.25, -0.2) is 0 Å². The average molecular weight is 679 g/mol. The van der Waals surface area contributed by atoms with E-state index in [1.807, 2.05) is 11.1 Å². The number of carbonyl (C=O) groups excluding carboxylic acids is 1. The molecule has 2 nitrogen and oxygen atoms in total. The number of fused-ring (bicyclic) bond motifs is 4. The highest BCUT2D eigenvalue weighted by Crippen LogP contribution is 2.66. The third-order valence-electron chi connectivity index (χ3n) is 15.1. The summed E-state index contributed by atoms with van der Waals surface area (Å²) in [5.41, 5.74) is 6.02. The van der Waals surface area contributed by atoms with E-state index in [-0.39, 0.29) is 12.1 Å². The van der Waals surface area contributed by atoms with Gasteiger partial charge in [-0.3, -0.25) is 4.79 Å². The summed E-state index contributed by atoms with van der Waals surface area (Å²) in [7, 11) is 0. The van der Waals surface area contributed by atoms with Gasteiger partial charge in [0.25, 0.3) is 0 Å². The van der Waals surface area contributed by atoms with Crippen molar-refractivity contribution in [3.8, 4) is 0 Å². The quantitative estimate of drug-likeness (QED) is 0.0611. The SMILES string of the molecule is C=C(C)C(CC)CCC(C)C1CCC2=C3CCC4CC(OC(=O)CCCCCCCCCCCCCCCCC)CCC4(C)C3CCC21C. The van der Waals surface area contributed by atoms with Crippen LogP contribution in [0.2, 0.25) is 0 Å². The smallest absolute Gasteiger partial charge is 0.306 e. The van der Waals surface area contributed by atoms with Crippen LogP contribution in [0.15, 0.2) is 23.3 Å². The molecule has 8 atom stereocenters. The normalized spacial score (nSPS) is 30.7. The third-order valence-corrected chi connectivity index (χ3v) is 15.1. The lowest BCUT2D eigenvalue weighted by Gasteiger charge is -2.57. The van der Waals surface area contributed by atoms with Gasteiger partial charge in [0.05, 0.1) is 0 Å². The zero-order chi connectivity index (χ0) is 35.3. The molecule has 0 aromatic carbocycles. The standard InChI is InChI=1S/C47H82O2/c1-8-10-11-12-13-14-15-16-17-18-19-20-21-22-23-24-45(48)49-40-31-33-46(6)39(35-40)27-28-41-43-30-29-42(47(43,7)34-32-44(41)46)37(5)25-26-38(9-2)36(3)4/h37-40,42,44H,3,8-35H2,1-2,4-7H3. The first-order valence-corrected chi connectivity index (χ1v) is 22.2. The number of carbonyl (C=O) groups is 1. The summed E-state index contributed by atoms with van der Waals surface area (Å²) in [6.07, 6.45) is 36.7. The van der Waals surface area contributed by atoms with Gasteiger partial charge in [-0.1, -0.05) is 148 Å². The van der Waals surface area contributed by atoms with Crippen molar-refractivity contribution in [3.05, 3.63) is 23.3 Å². The molecule has 0 saturated heterocycles. The zero-order valence-electron chi connectivity index (χ0n) is 33.8. The molecule has 4 aliphatic carbocycles. The fraction of sp³-hybridized carbons (Fsp3) is 0.894. The first-order valence-electron chi connectivity index (χ1n) is 22.2. The number of hydrogen-bond acceptors (Lipinski definition) is 2. The number of hydrogen-bond donors (Lipinski definition) is 0. The van der Waals surface area contributed by atoms with Gasteiger partial charge in [0, 0.05) is 6.42 Å². The number of unbranched alkanes of at least 4 members (excludes halogenated alkanes) is 14. The van der Waals surface area contributed by atoms with Gasteiger partial charge in [0.15, 0.2) is 0 Å². The Bertz CT molecular complexity index is 1040. The van der Waals surface area contributed by atoms with Crippen molar-refractivity contribution in [1.29, 1.82) is 0 Å². The molecule has 0 aromatic heterocycles. The molecule has 8 unspecified atom stereocenters. The minimum atomic E-state index is 0.0787. The van der Waals surface area contributed by atoms with E-state index >= 15 is 0 Å². The molecule has 0 radical (unpaired) electrons. The maximum Gasteiger partial charge on any atom is 0.306 e. The van der Waals surface area contributed by atoms with Crippen molar-refractivity contribution in [3.63, 3.8) is 0 Å². The van der Waals surface area contributed by atoms with E-state index in [1.165, 1.54) is 160 Å². The average Bonchev–Trinajstić information content (AvgIpc) is 3.44. The molecule has 0 spiro atoms. The van der Waals surface area contributed by atoms with Crippen molar-refractivity contribution in [2.75, 3.05) is 0 Å². The van der Waals surface area contributed by atoms with E-state index in [0.717, 1.165) is 37.0 Å². The molecule has 3 saturated carbocycles. The summed E-state index contributed by atoms with van der Waals surface area (Å²) in [6, 6.07) is 0. The van der Waals surface area contributed by atoms with Crippen molar-refractivity contribution >= 4 is 5.97 Å². The molecule has 2 heteroatoms. The fourth-order valence-electron chi connectivity index (χ4n) is 11.9. The van der Waals surface area contributed by atoms with Crippen LogP contribution in [0.3, 0.4) is 0 Å². The second-order valence-electron chi connectivity index (χ2n) is 18.5. The minimum Gasteiger partial charge on any atom is -0.462 e. The maximum atomic E-state index is 12.9. The molecule has 0 aliphatic heterocycles. The van der Waals surface area contributed by atoms with Crippen LogP contribution in [0, 0.1) is 40.4 Å². The lowest BCUT2D eigenvalue weighted by atomic mass is 9.48. The number of rotatable bonds is 23. The van der Waals surface area contributed by atoms with Gasteiger partial charge in [-0.05, 0) is 131 Å². The summed E-state index contributed by atoms with van der Waals surface area (Å²) in [6.45, 7) is 19.0. The number of ether oxygens (including phenoxy) is 1. The summed E-state index contributed by atoms with van der Waals surface area (Å²) in [5, 5.41) is 0. The Hall–Kier alpha value is -1.05. The van der Waals surface area contributed by atoms with E-state index < -0.39 is 0 Å². The predicted molar refractivity (Wildman–Crippen MR) is 212 cm³/mol. The molecule has 282 valence electrons. The van der Waals surface area contributed by atoms with E-state index in [4.69, 9.17) is 4.74 Å². The second kappa shape index (κ2) is 20.3. The van der Waals surface area contributed by atoms with Gasteiger partial charge in [-0.15, -0.1) is 0 Å². The van der Waals surface area contributed by atoms with E-state index in [0.29, 0.717) is 29.1 Å². The molecular weight excluding hydrogens is 597 g/mol. The highest BCUT2D eigenvalue weighted by atomic mass is 16.5. The lowest BCUT2D eigenvalue weighted by Crippen LogP contribution is -2.48. The van der Waals surface area contributed by atoms with Crippen LogP contribution >= 0.6 is 0 Å². The minimum absolute atomic E-state index is 0.0787. The van der Waals surface area contributed by atoms with Gasteiger partial charge >= 0.3 is 5.97 Å². The highest BCUT2D eigenvalue weighted by Gasteiger charge is 2.56. The van der Waals surface area contributed by atoms with Crippen molar-refractivity contribution < 1.29 is 9.53 Å². The van der Waals surface area contributed by atoms with E-state index in [1.54, 1.807) is 0 Å². The van der Waals surface area contributed by atoms with Crippen LogP contribution < -0.4 is 0 Å². The molecule has 0 aromatic rings. The molecule has 49 heavy (non-hydrogen) atoms. The second-order valence-corrected chi connectivity index (χ2v) is 18.5. The Morgan fingerprint density at radius 2 is 1.41 bits per heavy atom. The molecule has 0 N–H and O–H groups in total. The molecular formula is C47H82O2. The Morgan fingerprint density at radius 1 is 0.796 bits per heavy atom. The Kier molecular flexibility index (Phi) is 16.8. The molecule has 0 heterocycles. The van der Waals surface area contributed by atoms with Crippen molar-refractivity contribution in [2.24, 2.45) is 40.4 Å². The molecule has 4 rings (SSSR count). The summed E-state index contributed by atoms with van der Waals surface area (Å²) >= 11 is 0. The first kappa shape index (κ1) is 40.7. The Balaban J connectivity index is 1.13. The lowest BCUT2D eigenvalue weighted by molar-refractivity contribution is -0.155. The molecule has 0 bridgehead atoms. The zero-order valence-corrected chi connectivity index (χ0v) is 33.8. The number of allylic oxidation sites excluding steroid dienone is 3. The summed E-state index contributed by atoms with van der Waals surface area (Å²) < 4.78 is 6.17. The molecule has 4 aliphatic rings. The van der Waals surface area contributed by atoms with Crippen molar-refractivity contribution in [2.45, 2.75) is 227 Å². The maximum absolute atomic E-state index is 12.9. The molecule has 0 amide bonds. The van der Waals surface area contributed by atoms with Crippen LogP contribution in [0.4, 0.5) is 0 Å². The molecule has 3 fully saturated rings. The van der Waals surface area contributed by atoms with E-state index in [9.17, 15) is 4.79 Å². The number of esters is 1. The fourth-order valence-corrected chi connectivity index (χ4v) is 11.9. The van der Waals surface area contributed by atoms with E-state index in [2.05, 4.69) is 48.1 Å². The van der Waals surface area contributed by atoms with Gasteiger partial charge in [-0.2, -0.15) is 0 Å². The monoisotopic (exact) mass is 679 g/mol. The first-order chi connectivity index (χ1) is 23.6. The topological polar surface area (TPSA) is 26.3 Å². The largest absolute Gasteiger partial charge is 0.462 e. The third kappa shape index (κ3) is 11.0. The summed E-state index contributed by atoms with van der Waals surface area (Å²) in [4.78, 5) is 12.9. The van der Waals surface area contributed by atoms with Crippen LogP contribution in [-0.4, -0.2) is 12.1 Å². The predicted octanol–water partition coefficient (Wildman–Crippen LogP) is 14.9. The Morgan fingerprint density at radius 3 is 2.00 bits per heavy atom. The highest BCUT2D eigenvalue weighted by molar-refractivity contribution is 5.69. The van der Waals surface area contributed by atoms with Crippen LogP contribution in [0.5, 0.6) is 0 Å². The van der Waals surface area contributed by atoms with Crippen molar-refractivity contribution in [1.82, 2.24) is 0 Å². The van der Waals surface area contributed by atoms with Gasteiger partial charge < -0.3 is 4.74 Å².